The Bertz CT molecular complexity index is 602. The van der Waals surface area contributed by atoms with E-state index in [1.54, 1.807) is 19.3 Å². The molecule has 2 heterocycles. The van der Waals surface area contributed by atoms with Crippen LogP contribution in [0.1, 0.15) is 15.2 Å². The number of thiophene rings is 1. The van der Waals surface area contributed by atoms with Crippen molar-refractivity contribution < 1.29 is 4.79 Å². The van der Waals surface area contributed by atoms with E-state index in [1.807, 2.05) is 12.1 Å². The number of rotatable bonds is 4. The van der Waals surface area contributed by atoms with Gasteiger partial charge in [0.15, 0.2) is 0 Å². The van der Waals surface area contributed by atoms with Crippen LogP contribution in [0.2, 0.25) is 4.34 Å². The van der Waals surface area contributed by atoms with E-state index in [1.165, 1.54) is 11.3 Å². The average Bonchev–Trinajstić information content (AvgIpc) is 2.81. The standard InChI is InChI=1S/C12H11BrClN3OS/c1-15-11-9(4-7(13)5-16-11)12(18)17-6-8-2-3-10(14)19-8/h2-5H,6H2,1H3,(H,15,16)(H,17,18). The zero-order chi connectivity index (χ0) is 13.8. The molecular formula is C12H11BrClN3OS. The van der Waals surface area contributed by atoms with Crippen molar-refractivity contribution in [3.05, 3.63) is 43.6 Å². The summed E-state index contributed by atoms with van der Waals surface area (Å²) in [6, 6.07) is 5.44. The van der Waals surface area contributed by atoms with E-state index in [0.717, 1.165) is 9.35 Å². The van der Waals surface area contributed by atoms with Crippen molar-refractivity contribution in [1.82, 2.24) is 10.3 Å². The van der Waals surface area contributed by atoms with Gasteiger partial charge in [0.05, 0.1) is 16.4 Å². The van der Waals surface area contributed by atoms with E-state index in [0.29, 0.717) is 22.3 Å². The van der Waals surface area contributed by atoms with E-state index in [4.69, 9.17) is 11.6 Å². The van der Waals surface area contributed by atoms with Crippen molar-refractivity contribution in [2.45, 2.75) is 6.54 Å². The molecule has 2 aromatic rings. The van der Waals surface area contributed by atoms with Crippen LogP contribution < -0.4 is 10.6 Å². The van der Waals surface area contributed by atoms with E-state index >= 15 is 0 Å². The van der Waals surface area contributed by atoms with E-state index in [9.17, 15) is 4.79 Å². The Morgan fingerprint density at radius 3 is 2.95 bits per heavy atom. The molecule has 19 heavy (non-hydrogen) atoms. The van der Waals surface area contributed by atoms with Crippen molar-refractivity contribution in [2.24, 2.45) is 0 Å². The molecule has 0 bridgehead atoms. The minimum absolute atomic E-state index is 0.178. The summed E-state index contributed by atoms with van der Waals surface area (Å²) < 4.78 is 1.47. The van der Waals surface area contributed by atoms with Crippen molar-refractivity contribution >= 4 is 50.6 Å². The number of hydrogen-bond donors (Lipinski definition) is 2. The monoisotopic (exact) mass is 359 g/mol. The Kier molecular flexibility index (Phi) is 4.79. The molecule has 0 fully saturated rings. The first-order valence-electron chi connectivity index (χ1n) is 5.46. The van der Waals surface area contributed by atoms with Crippen molar-refractivity contribution in [1.29, 1.82) is 0 Å². The summed E-state index contributed by atoms with van der Waals surface area (Å²) in [6.07, 6.45) is 1.64. The second kappa shape index (κ2) is 6.36. The van der Waals surface area contributed by atoms with Gasteiger partial charge < -0.3 is 10.6 Å². The Morgan fingerprint density at radius 2 is 2.32 bits per heavy atom. The molecule has 0 radical (unpaired) electrons. The smallest absolute Gasteiger partial charge is 0.255 e. The van der Waals surface area contributed by atoms with Crippen LogP contribution in [-0.2, 0) is 6.54 Å². The zero-order valence-electron chi connectivity index (χ0n) is 10.0. The third kappa shape index (κ3) is 3.68. The molecule has 0 atom stereocenters. The normalized spacial score (nSPS) is 10.3. The maximum Gasteiger partial charge on any atom is 0.255 e. The molecule has 0 aliphatic carbocycles. The van der Waals surface area contributed by atoms with Gasteiger partial charge in [0.1, 0.15) is 5.82 Å². The van der Waals surface area contributed by atoms with Gasteiger partial charge in [-0.25, -0.2) is 4.98 Å². The number of carbonyl (C=O) groups is 1. The summed E-state index contributed by atoms with van der Waals surface area (Å²) in [5, 5.41) is 5.74. The third-order valence-electron chi connectivity index (χ3n) is 2.39. The summed E-state index contributed by atoms with van der Waals surface area (Å²) in [6.45, 7) is 0.450. The highest BCUT2D eigenvalue weighted by molar-refractivity contribution is 9.10. The van der Waals surface area contributed by atoms with Gasteiger partial charge in [0, 0.05) is 22.6 Å². The molecule has 0 unspecified atom stereocenters. The molecule has 7 heteroatoms. The lowest BCUT2D eigenvalue weighted by molar-refractivity contribution is 0.0952. The fourth-order valence-corrected chi connectivity index (χ4v) is 2.88. The van der Waals surface area contributed by atoms with Gasteiger partial charge in [0.2, 0.25) is 0 Å². The number of carbonyl (C=O) groups excluding carboxylic acids is 1. The molecule has 0 aliphatic rings. The minimum Gasteiger partial charge on any atom is -0.372 e. The maximum absolute atomic E-state index is 12.1. The van der Waals surface area contributed by atoms with Crippen LogP contribution in [0.4, 0.5) is 5.82 Å². The number of aromatic nitrogens is 1. The van der Waals surface area contributed by atoms with Crippen LogP contribution in [0.15, 0.2) is 28.9 Å². The van der Waals surface area contributed by atoms with Gasteiger partial charge in [0.25, 0.3) is 5.91 Å². The fourth-order valence-electron chi connectivity index (χ4n) is 1.52. The molecule has 2 N–H and O–H groups in total. The predicted molar refractivity (Wildman–Crippen MR) is 82.0 cm³/mol. The molecule has 0 spiro atoms. The first-order valence-corrected chi connectivity index (χ1v) is 7.44. The highest BCUT2D eigenvalue weighted by atomic mass is 79.9. The Morgan fingerprint density at radius 1 is 1.53 bits per heavy atom. The highest BCUT2D eigenvalue weighted by Crippen LogP contribution is 2.22. The number of pyridine rings is 1. The number of amides is 1. The quantitative estimate of drug-likeness (QED) is 0.877. The van der Waals surface area contributed by atoms with Gasteiger partial charge in [-0.15, -0.1) is 11.3 Å². The van der Waals surface area contributed by atoms with Gasteiger partial charge in [-0.3, -0.25) is 4.79 Å². The van der Waals surface area contributed by atoms with E-state index in [-0.39, 0.29) is 5.91 Å². The van der Waals surface area contributed by atoms with Crippen LogP contribution in [0.3, 0.4) is 0 Å². The third-order valence-corrected chi connectivity index (χ3v) is 4.05. The second-order valence-electron chi connectivity index (χ2n) is 3.69. The lowest BCUT2D eigenvalue weighted by Crippen LogP contribution is -2.23. The molecule has 0 aliphatic heterocycles. The van der Waals surface area contributed by atoms with Gasteiger partial charge in [-0.05, 0) is 34.1 Å². The van der Waals surface area contributed by atoms with Crippen LogP contribution in [0.5, 0.6) is 0 Å². The van der Waals surface area contributed by atoms with Crippen molar-refractivity contribution in [2.75, 3.05) is 12.4 Å². The Labute approximate surface area is 128 Å². The summed E-state index contributed by atoms with van der Waals surface area (Å²) in [7, 11) is 1.73. The second-order valence-corrected chi connectivity index (χ2v) is 6.40. The molecule has 2 aromatic heterocycles. The van der Waals surface area contributed by atoms with Gasteiger partial charge >= 0.3 is 0 Å². The van der Waals surface area contributed by atoms with Crippen LogP contribution >= 0.6 is 38.9 Å². The summed E-state index contributed by atoms with van der Waals surface area (Å²) >= 11 is 10.6. The van der Waals surface area contributed by atoms with Gasteiger partial charge in [-0.2, -0.15) is 0 Å². The SMILES string of the molecule is CNc1ncc(Br)cc1C(=O)NCc1ccc(Cl)s1. The first kappa shape index (κ1) is 14.3. The zero-order valence-corrected chi connectivity index (χ0v) is 13.2. The molecule has 0 saturated carbocycles. The Balaban J connectivity index is 2.09. The number of hydrogen-bond acceptors (Lipinski definition) is 4. The molecule has 100 valence electrons. The molecule has 0 aromatic carbocycles. The number of anilines is 1. The summed E-state index contributed by atoms with van der Waals surface area (Å²) in [5.74, 6) is 0.368. The lowest BCUT2D eigenvalue weighted by atomic mass is 10.2. The lowest BCUT2D eigenvalue weighted by Gasteiger charge is -2.08. The largest absolute Gasteiger partial charge is 0.372 e. The average molecular weight is 361 g/mol. The van der Waals surface area contributed by atoms with Crippen LogP contribution in [-0.4, -0.2) is 17.9 Å². The van der Waals surface area contributed by atoms with Crippen LogP contribution in [0, 0.1) is 0 Å². The topological polar surface area (TPSA) is 54.0 Å². The van der Waals surface area contributed by atoms with Crippen LogP contribution in [0.25, 0.3) is 0 Å². The Hall–Kier alpha value is -1.11. The first-order chi connectivity index (χ1) is 9.10. The highest BCUT2D eigenvalue weighted by Gasteiger charge is 2.12. The molecular weight excluding hydrogens is 350 g/mol. The van der Waals surface area contributed by atoms with Crippen molar-refractivity contribution in [3.63, 3.8) is 0 Å². The number of halogens is 2. The summed E-state index contributed by atoms with van der Waals surface area (Å²) in [4.78, 5) is 17.3. The number of nitrogens with zero attached hydrogens (tertiary/aromatic N) is 1. The van der Waals surface area contributed by atoms with Gasteiger partial charge in [-0.1, -0.05) is 11.6 Å². The number of nitrogens with one attached hydrogen (secondary N) is 2. The van der Waals surface area contributed by atoms with E-state index in [2.05, 4.69) is 31.5 Å². The predicted octanol–water partition coefficient (Wildman–Crippen LogP) is 3.53. The minimum atomic E-state index is -0.178. The molecule has 4 nitrogen and oxygen atoms in total. The summed E-state index contributed by atoms with van der Waals surface area (Å²) in [5.41, 5.74) is 0.500. The molecule has 2 rings (SSSR count). The maximum atomic E-state index is 12.1. The molecule has 1 amide bonds. The molecule has 0 saturated heterocycles. The van der Waals surface area contributed by atoms with Crippen molar-refractivity contribution in [3.8, 4) is 0 Å². The fraction of sp³-hybridized carbons (Fsp3) is 0.167. The van der Waals surface area contributed by atoms with E-state index < -0.39 is 0 Å².